The smallest absolute Gasteiger partial charge is 0.195 e. The standard InChI is InChI=1S/C24H28N6S2/c1-17-9-7-11-19(15-17)29-21(25-27-23(29)31-3)13-5-6-14-22-26-28-24(32-4)30(22)20-12-8-10-18(2)16-20/h7-12,15-16H,5-6,13-14H2,1-4H3. The first-order valence-corrected chi connectivity index (χ1v) is 13.2. The van der Waals surface area contributed by atoms with Crippen molar-refractivity contribution >= 4 is 23.5 Å². The van der Waals surface area contributed by atoms with Crippen LogP contribution in [0, 0.1) is 13.8 Å². The van der Waals surface area contributed by atoms with E-state index in [1.54, 1.807) is 23.5 Å². The Balaban J connectivity index is 1.47. The van der Waals surface area contributed by atoms with E-state index >= 15 is 0 Å². The summed E-state index contributed by atoms with van der Waals surface area (Å²) in [5.74, 6) is 2.01. The molecule has 0 aliphatic rings. The average Bonchev–Trinajstić information content (AvgIpc) is 3.40. The summed E-state index contributed by atoms with van der Waals surface area (Å²) in [6.45, 7) is 4.22. The van der Waals surface area contributed by atoms with Crippen LogP contribution in [0.1, 0.15) is 35.6 Å². The van der Waals surface area contributed by atoms with Gasteiger partial charge in [0.25, 0.3) is 0 Å². The van der Waals surface area contributed by atoms with Gasteiger partial charge in [0.05, 0.1) is 0 Å². The molecule has 0 unspecified atom stereocenters. The van der Waals surface area contributed by atoms with E-state index in [1.165, 1.54) is 11.1 Å². The lowest BCUT2D eigenvalue weighted by Gasteiger charge is -2.11. The Labute approximate surface area is 197 Å². The molecule has 166 valence electrons. The molecule has 2 heterocycles. The molecular formula is C24H28N6S2. The highest BCUT2D eigenvalue weighted by molar-refractivity contribution is 7.98. The highest BCUT2D eigenvalue weighted by Crippen LogP contribution is 2.24. The van der Waals surface area contributed by atoms with Crippen molar-refractivity contribution in [2.45, 2.75) is 49.8 Å². The Hall–Kier alpha value is -2.58. The Morgan fingerprint density at radius 3 is 1.47 bits per heavy atom. The summed E-state index contributed by atoms with van der Waals surface area (Å²) < 4.78 is 4.36. The van der Waals surface area contributed by atoms with Crippen LogP contribution in [0.2, 0.25) is 0 Å². The number of aryl methyl sites for hydroxylation is 4. The minimum Gasteiger partial charge on any atom is -0.274 e. The van der Waals surface area contributed by atoms with Crippen molar-refractivity contribution in [2.24, 2.45) is 0 Å². The van der Waals surface area contributed by atoms with Gasteiger partial charge in [0.2, 0.25) is 0 Å². The van der Waals surface area contributed by atoms with Gasteiger partial charge in [-0.1, -0.05) is 47.8 Å². The molecule has 0 radical (unpaired) electrons. The second kappa shape index (κ2) is 10.4. The second-order valence-electron chi connectivity index (χ2n) is 7.76. The van der Waals surface area contributed by atoms with Gasteiger partial charge >= 0.3 is 0 Å². The molecule has 0 saturated carbocycles. The van der Waals surface area contributed by atoms with Gasteiger partial charge in [-0.2, -0.15) is 0 Å². The SMILES string of the molecule is CSc1nnc(CCCCc2nnc(SC)n2-c2cccc(C)c2)n1-c1cccc(C)c1. The quantitative estimate of drug-likeness (QED) is 0.242. The molecule has 4 aromatic rings. The zero-order valence-electron chi connectivity index (χ0n) is 18.9. The Morgan fingerprint density at radius 1 is 0.656 bits per heavy atom. The van der Waals surface area contributed by atoms with Gasteiger partial charge < -0.3 is 0 Å². The highest BCUT2D eigenvalue weighted by atomic mass is 32.2. The predicted octanol–water partition coefficient (Wildman–Crippen LogP) is 5.47. The normalized spacial score (nSPS) is 11.2. The molecule has 4 rings (SSSR count). The van der Waals surface area contributed by atoms with Gasteiger partial charge in [0, 0.05) is 24.2 Å². The van der Waals surface area contributed by atoms with Crippen molar-refractivity contribution < 1.29 is 0 Å². The maximum atomic E-state index is 4.49. The summed E-state index contributed by atoms with van der Waals surface area (Å²) in [7, 11) is 0. The van der Waals surface area contributed by atoms with Crippen LogP contribution in [0.15, 0.2) is 58.8 Å². The fourth-order valence-electron chi connectivity index (χ4n) is 3.81. The van der Waals surface area contributed by atoms with Crippen LogP contribution in [0.5, 0.6) is 0 Å². The van der Waals surface area contributed by atoms with Crippen molar-refractivity contribution in [2.75, 3.05) is 12.5 Å². The number of thioether (sulfide) groups is 2. The van der Waals surface area contributed by atoms with Crippen LogP contribution in [-0.2, 0) is 12.8 Å². The van der Waals surface area contributed by atoms with E-state index in [1.807, 2.05) is 12.5 Å². The Morgan fingerprint density at radius 2 is 1.09 bits per heavy atom. The Bertz CT molecular complexity index is 1100. The molecule has 32 heavy (non-hydrogen) atoms. The van der Waals surface area contributed by atoms with Crippen LogP contribution in [0.25, 0.3) is 11.4 Å². The third-order valence-electron chi connectivity index (χ3n) is 5.34. The van der Waals surface area contributed by atoms with Gasteiger partial charge in [-0.15, -0.1) is 20.4 Å². The molecule has 0 amide bonds. The van der Waals surface area contributed by atoms with E-state index in [9.17, 15) is 0 Å². The summed E-state index contributed by atoms with van der Waals surface area (Å²) in [5.41, 5.74) is 4.71. The lowest BCUT2D eigenvalue weighted by atomic mass is 10.1. The van der Waals surface area contributed by atoms with Crippen LogP contribution >= 0.6 is 23.5 Å². The first kappa shape index (κ1) is 22.6. The Kier molecular flexibility index (Phi) is 7.32. The lowest BCUT2D eigenvalue weighted by Crippen LogP contribution is -2.05. The van der Waals surface area contributed by atoms with Crippen LogP contribution < -0.4 is 0 Å². The van der Waals surface area contributed by atoms with E-state index in [0.29, 0.717) is 0 Å². The topological polar surface area (TPSA) is 61.4 Å². The molecule has 0 saturated heterocycles. The molecule has 8 heteroatoms. The first-order chi connectivity index (χ1) is 15.6. The number of aromatic nitrogens is 6. The van der Waals surface area contributed by atoms with Crippen LogP contribution in [0.4, 0.5) is 0 Å². The van der Waals surface area contributed by atoms with E-state index in [4.69, 9.17) is 0 Å². The van der Waals surface area contributed by atoms with Crippen molar-refractivity contribution in [3.63, 3.8) is 0 Å². The van der Waals surface area contributed by atoms with Gasteiger partial charge in [-0.3, -0.25) is 9.13 Å². The molecule has 0 aliphatic carbocycles. The van der Waals surface area contributed by atoms with Crippen LogP contribution in [0.3, 0.4) is 0 Å². The molecule has 0 atom stereocenters. The van der Waals surface area contributed by atoms with Gasteiger partial charge in [0.1, 0.15) is 11.6 Å². The lowest BCUT2D eigenvalue weighted by molar-refractivity contribution is 0.664. The maximum absolute atomic E-state index is 4.49. The minimum absolute atomic E-state index is 0.871. The van der Waals surface area contributed by atoms with E-state index < -0.39 is 0 Å². The first-order valence-electron chi connectivity index (χ1n) is 10.7. The van der Waals surface area contributed by atoms with Crippen molar-refractivity contribution in [1.29, 1.82) is 0 Å². The zero-order chi connectivity index (χ0) is 22.5. The van der Waals surface area contributed by atoms with Crippen molar-refractivity contribution in [3.05, 3.63) is 71.3 Å². The highest BCUT2D eigenvalue weighted by Gasteiger charge is 2.15. The summed E-state index contributed by atoms with van der Waals surface area (Å²) in [6.07, 6.45) is 7.84. The second-order valence-corrected chi connectivity index (χ2v) is 9.31. The number of unbranched alkanes of at least 4 members (excludes halogenated alkanes) is 1. The molecule has 0 aliphatic heterocycles. The molecule has 0 bridgehead atoms. The monoisotopic (exact) mass is 464 g/mol. The van der Waals surface area contributed by atoms with Gasteiger partial charge in [0.15, 0.2) is 10.3 Å². The molecule has 0 fully saturated rings. The van der Waals surface area contributed by atoms with Crippen molar-refractivity contribution in [1.82, 2.24) is 29.5 Å². The third-order valence-corrected chi connectivity index (χ3v) is 6.60. The number of rotatable bonds is 9. The molecular weight excluding hydrogens is 436 g/mol. The predicted molar refractivity (Wildman–Crippen MR) is 132 cm³/mol. The number of nitrogens with zero attached hydrogens (tertiary/aromatic N) is 6. The summed E-state index contributed by atoms with van der Waals surface area (Å²) in [6, 6.07) is 17.0. The fraction of sp³-hybridized carbons (Fsp3) is 0.333. The van der Waals surface area contributed by atoms with E-state index in [0.717, 1.165) is 59.0 Å². The largest absolute Gasteiger partial charge is 0.274 e. The van der Waals surface area contributed by atoms with Crippen molar-refractivity contribution in [3.8, 4) is 11.4 Å². The molecule has 0 spiro atoms. The number of hydrogen-bond donors (Lipinski definition) is 0. The maximum Gasteiger partial charge on any atom is 0.195 e. The average molecular weight is 465 g/mol. The summed E-state index contributed by atoms with van der Waals surface area (Å²) in [4.78, 5) is 0. The minimum atomic E-state index is 0.871. The summed E-state index contributed by atoms with van der Waals surface area (Å²) >= 11 is 3.25. The number of benzene rings is 2. The van der Waals surface area contributed by atoms with Gasteiger partial charge in [-0.25, -0.2) is 0 Å². The van der Waals surface area contributed by atoms with E-state index in [-0.39, 0.29) is 0 Å². The van der Waals surface area contributed by atoms with Gasteiger partial charge in [-0.05, 0) is 74.6 Å². The zero-order valence-corrected chi connectivity index (χ0v) is 20.6. The number of hydrogen-bond acceptors (Lipinski definition) is 6. The molecule has 2 aromatic heterocycles. The molecule has 0 N–H and O–H groups in total. The molecule has 2 aromatic carbocycles. The summed E-state index contributed by atoms with van der Waals surface area (Å²) in [5, 5.41) is 19.6. The fourth-order valence-corrected chi connectivity index (χ4v) is 4.84. The van der Waals surface area contributed by atoms with Crippen LogP contribution in [-0.4, -0.2) is 42.0 Å². The molecule has 6 nitrogen and oxygen atoms in total. The third kappa shape index (κ3) is 4.91. The van der Waals surface area contributed by atoms with E-state index in [2.05, 4.69) is 91.9 Å².